The molecule has 1 heterocycles. The molecule has 1 amide bonds. The van der Waals surface area contributed by atoms with Crippen LogP contribution in [-0.2, 0) is 22.2 Å². The van der Waals surface area contributed by atoms with E-state index >= 15 is 0 Å². The van der Waals surface area contributed by atoms with E-state index in [1.165, 1.54) is 0 Å². The van der Waals surface area contributed by atoms with Crippen LogP contribution in [0.2, 0.25) is 0 Å². The second-order valence-corrected chi connectivity index (χ2v) is 11.0. The molecule has 36 heavy (non-hydrogen) atoms. The fourth-order valence-electron chi connectivity index (χ4n) is 4.65. The van der Waals surface area contributed by atoms with Crippen LogP contribution in [0.3, 0.4) is 0 Å². The lowest BCUT2D eigenvalue weighted by atomic mass is 10.1. The molecule has 1 aliphatic rings. The second kappa shape index (κ2) is 12.2. The first-order chi connectivity index (χ1) is 17.5. The van der Waals surface area contributed by atoms with Gasteiger partial charge in [-0.3, -0.25) is 4.79 Å². The first-order valence-electron chi connectivity index (χ1n) is 12.6. The number of benzene rings is 3. The zero-order valence-corrected chi connectivity index (χ0v) is 21.6. The molecule has 0 unspecified atom stereocenters. The molecular formula is C29H34N2O4S. The largest absolute Gasteiger partial charge is 0.491 e. The minimum atomic E-state index is -3.63. The first-order valence-corrected chi connectivity index (χ1v) is 14.2. The smallest absolute Gasteiger partial charge is 0.257 e. The Morgan fingerprint density at radius 2 is 1.44 bits per heavy atom. The molecular weight excluding hydrogens is 472 g/mol. The van der Waals surface area contributed by atoms with E-state index in [2.05, 4.69) is 0 Å². The monoisotopic (exact) mass is 506 g/mol. The molecule has 0 radical (unpaired) electrons. The predicted molar refractivity (Wildman–Crippen MR) is 142 cm³/mol. The Hall–Kier alpha value is -3.16. The second-order valence-electron chi connectivity index (χ2n) is 9.10. The maximum atomic E-state index is 13.8. The summed E-state index contributed by atoms with van der Waals surface area (Å²) in [6, 6.07) is 26.0. The summed E-state index contributed by atoms with van der Waals surface area (Å²) in [6.07, 6.45) is 1.90. The number of sulfonamides is 1. The standard InChI is InChI=1S/C29H34N2O4S/c1-2-30-19-11-12-20-31(36(33,34)23-25-15-7-4-8-16-25)26(21-24-13-5-3-6-14-24)22-35-28-18-10-9-17-27(28)29(30)32/h3-10,13-18,26H,2,11-12,19-23H2,1H3/t26-/m0/s1. The van der Waals surface area contributed by atoms with Gasteiger partial charge in [-0.2, -0.15) is 4.31 Å². The molecule has 0 aliphatic carbocycles. The van der Waals surface area contributed by atoms with Gasteiger partial charge in [0.05, 0.1) is 17.4 Å². The highest BCUT2D eigenvalue weighted by molar-refractivity contribution is 7.88. The molecule has 1 atom stereocenters. The van der Waals surface area contributed by atoms with Crippen molar-refractivity contribution in [3.63, 3.8) is 0 Å². The van der Waals surface area contributed by atoms with Gasteiger partial charge in [-0.25, -0.2) is 8.42 Å². The van der Waals surface area contributed by atoms with Gasteiger partial charge in [-0.05, 0) is 49.4 Å². The van der Waals surface area contributed by atoms with Gasteiger partial charge in [0, 0.05) is 19.6 Å². The molecule has 4 rings (SSSR count). The summed E-state index contributed by atoms with van der Waals surface area (Å²) >= 11 is 0. The molecule has 190 valence electrons. The minimum absolute atomic E-state index is 0.0539. The summed E-state index contributed by atoms with van der Waals surface area (Å²) in [7, 11) is -3.63. The van der Waals surface area contributed by atoms with Crippen molar-refractivity contribution in [2.45, 2.75) is 38.0 Å². The van der Waals surface area contributed by atoms with Gasteiger partial charge in [0.2, 0.25) is 10.0 Å². The van der Waals surface area contributed by atoms with Crippen LogP contribution in [0.15, 0.2) is 84.9 Å². The lowest BCUT2D eigenvalue weighted by molar-refractivity contribution is 0.0750. The molecule has 0 aromatic heterocycles. The Bertz CT molecular complexity index is 1230. The van der Waals surface area contributed by atoms with Crippen LogP contribution in [0.4, 0.5) is 0 Å². The molecule has 0 bridgehead atoms. The zero-order valence-electron chi connectivity index (χ0n) is 20.8. The topological polar surface area (TPSA) is 66.9 Å². The molecule has 0 spiro atoms. The quantitative estimate of drug-likeness (QED) is 0.483. The normalized spacial score (nSPS) is 18.0. The first kappa shape index (κ1) is 25.9. The molecule has 6 nitrogen and oxygen atoms in total. The summed E-state index contributed by atoms with van der Waals surface area (Å²) in [6.45, 7) is 3.64. The SMILES string of the molecule is CCN1CCCCN(S(=O)(=O)Cc2ccccc2)[C@@H](Cc2ccccc2)COc2ccccc2C1=O. The number of carbonyl (C=O) groups is 1. The van der Waals surface area contributed by atoms with Crippen molar-refractivity contribution >= 4 is 15.9 Å². The minimum Gasteiger partial charge on any atom is -0.491 e. The lowest BCUT2D eigenvalue weighted by Crippen LogP contribution is -2.46. The summed E-state index contributed by atoms with van der Waals surface area (Å²) in [5.41, 5.74) is 2.31. The van der Waals surface area contributed by atoms with Gasteiger partial charge in [0.25, 0.3) is 5.91 Å². The van der Waals surface area contributed by atoms with E-state index in [0.29, 0.717) is 43.8 Å². The van der Waals surface area contributed by atoms with E-state index < -0.39 is 16.1 Å². The molecule has 7 heteroatoms. The summed E-state index contributed by atoms with van der Waals surface area (Å²) in [5, 5.41) is 0. The number of ether oxygens (including phenoxy) is 1. The summed E-state index contributed by atoms with van der Waals surface area (Å²) in [4.78, 5) is 15.0. The van der Waals surface area contributed by atoms with E-state index in [1.54, 1.807) is 21.3 Å². The number of amides is 1. The summed E-state index contributed by atoms with van der Waals surface area (Å²) in [5.74, 6) is 0.372. The van der Waals surface area contributed by atoms with Crippen LogP contribution < -0.4 is 4.74 Å². The highest BCUT2D eigenvalue weighted by atomic mass is 32.2. The van der Waals surface area contributed by atoms with Crippen molar-refractivity contribution in [3.8, 4) is 5.75 Å². The average Bonchev–Trinajstić information content (AvgIpc) is 2.89. The van der Waals surface area contributed by atoms with Crippen LogP contribution in [0, 0.1) is 0 Å². The molecule has 0 saturated carbocycles. The van der Waals surface area contributed by atoms with E-state index in [4.69, 9.17) is 4.74 Å². The van der Waals surface area contributed by atoms with Crippen molar-refractivity contribution in [1.82, 2.24) is 9.21 Å². The maximum Gasteiger partial charge on any atom is 0.257 e. The van der Waals surface area contributed by atoms with Crippen LogP contribution >= 0.6 is 0 Å². The number of hydrogen-bond donors (Lipinski definition) is 0. The Balaban J connectivity index is 1.70. The van der Waals surface area contributed by atoms with Gasteiger partial charge >= 0.3 is 0 Å². The molecule has 3 aromatic rings. The van der Waals surface area contributed by atoms with E-state index in [1.807, 2.05) is 79.7 Å². The van der Waals surface area contributed by atoms with Crippen molar-refractivity contribution in [2.24, 2.45) is 0 Å². The Kier molecular flexibility index (Phi) is 8.78. The van der Waals surface area contributed by atoms with Gasteiger partial charge in [0.1, 0.15) is 12.4 Å². The van der Waals surface area contributed by atoms with Crippen molar-refractivity contribution in [2.75, 3.05) is 26.2 Å². The number of fused-ring (bicyclic) bond motifs is 1. The van der Waals surface area contributed by atoms with E-state index in [9.17, 15) is 13.2 Å². The fraction of sp³-hybridized carbons (Fsp3) is 0.345. The lowest BCUT2D eigenvalue weighted by Gasteiger charge is -2.32. The third kappa shape index (κ3) is 6.53. The molecule has 3 aromatic carbocycles. The van der Waals surface area contributed by atoms with Gasteiger partial charge in [-0.15, -0.1) is 0 Å². The summed E-state index contributed by atoms with van der Waals surface area (Å²) < 4.78 is 35.5. The van der Waals surface area contributed by atoms with Crippen LogP contribution in [0.1, 0.15) is 41.3 Å². The van der Waals surface area contributed by atoms with Crippen molar-refractivity contribution in [3.05, 3.63) is 102 Å². The van der Waals surface area contributed by atoms with Gasteiger partial charge in [-0.1, -0.05) is 72.8 Å². The third-order valence-corrected chi connectivity index (χ3v) is 8.44. The third-order valence-electron chi connectivity index (χ3n) is 6.54. The van der Waals surface area contributed by atoms with Crippen molar-refractivity contribution < 1.29 is 17.9 Å². The average molecular weight is 507 g/mol. The van der Waals surface area contributed by atoms with Crippen molar-refractivity contribution in [1.29, 1.82) is 0 Å². The fourth-order valence-corrected chi connectivity index (χ4v) is 6.42. The maximum absolute atomic E-state index is 13.8. The van der Waals surface area contributed by atoms with Crippen LogP contribution in [-0.4, -0.2) is 55.8 Å². The number of nitrogens with zero attached hydrogens (tertiary/aromatic N) is 2. The molecule has 0 fully saturated rings. The molecule has 0 saturated heterocycles. The zero-order chi connectivity index (χ0) is 25.4. The Morgan fingerprint density at radius 1 is 0.833 bits per heavy atom. The Labute approximate surface area is 214 Å². The van der Waals surface area contributed by atoms with Gasteiger partial charge in [0.15, 0.2) is 0 Å². The van der Waals surface area contributed by atoms with Crippen LogP contribution in [0.25, 0.3) is 0 Å². The number of para-hydroxylation sites is 1. The van der Waals surface area contributed by atoms with Crippen LogP contribution in [0.5, 0.6) is 5.75 Å². The van der Waals surface area contributed by atoms with E-state index in [0.717, 1.165) is 17.5 Å². The number of carbonyl (C=O) groups excluding carboxylic acids is 1. The Morgan fingerprint density at radius 3 is 2.14 bits per heavy atom. The predicted octanol–water partition coefficient (Wildman–Crippen LogP) is 4.76. The highest BCUT2D eigenvalue weighted by Gasteiger charge is 2.32. The highest BCUT2D eigenvalue weighted by Crippen LogP contribution is 2.24. The molecule has 0 N–H and O–H groups in total. The number of rotatable bonds is 6. The van der Waals surface area contributed by atoms with Gasteiger partial charge < -0.3 is 9.64 Å². The van der Waals surface area contributed by atoms with E-state index in [-0.39, 0.29) is 18.3 Å². The number of hydrogen-bond acceptors (Lipinski definition) is 4. The molecule has 1 aliphatic heterocycles.